The van der Waals surface area contributed by atoms with Crippen molar-refractivity contribution in [3.8, 4) is 89.7 Å². The number of hydrogen-bond donors (Lipinski definition) is 1. The quantitative estimate of drug-likeness (QED) is 0.147. The van der Waals surface area contributed by atoms with Gasteiger partial charge >= 0.3 is 0 Å². The van der Waals surface area contributed by atoms with Crippen LogP contribution in [0.4, 0.5) is 0 Å². The first-order chi connectivity index (χ1) is 31.1. The van der Waals surface area contributed by atoms with Gasteiger partial charge in [-0.2, -0.15) is 0 Å². The van der Waals surface area contributed by atoms with Crippen LogP contribution in [-0.2, 0) is 21.1 Å². The normalized spacial score (nSPS) is 11.6. The molecule has 0 atom stereocenters. The first-order valence-corrected chi connectivity index (χ1v) is 21.4. The fourth-order valence-corrected chi connectivity index (χ4v) is 8.80. The van der Waals surface area contributed by atoms with Gasteiger partial charge in [0.15, 0.2) is 0 Å². The van der Waals surface area contributed by atoms with Gasteiger partial charge in [-0.1, -0.05) is 176 Å². The van der Waals surface area contributed by atoms with Crippen LogP contribution in [0.25, 0.3) is 95.0 Å². The molecule has 2 aromatic heterocycles. The van der Waals surface area contributed by atoms with Crippen molar-refractivity contribution in [2.75, 3.05) is 0 Å². The second kappa shape index (κ2) is 17.9. The molecule has 0 amide bonds. The Morgan fingerprint density at radius 1 is 0.547 bits per heavy atom. The largest absolute Gasteiger partial charge is 0.507 e. The van der Waals surface area contributed by atoms with Crippen molar-refractivity contribution < 1.29 is 27.5 Å². The molecule has 314 valence electrons. The van der Waals surface area contributed by atoms with Crippen molar-refractivity contribution in [2.45, 2.75) is 33.6 Å². The number of rotatable bonds is 9. The summed E-state index contributed by atoms with van der Waals surface area (Å²) in [6.07, 6.45) is 1.87. The summed E-state index contributed by atoms with van der Waals surface area (Å²) < 4.78 is 11.6. The molecule has 5 heteroatoms. The SMILES string of the molecule is [2H]C(C)(C)c1cc(-c2ccccc2)c(-n2c(-c3cc(C)cc(C)c3O)nc3c(-c4[c-]c(-c5cc(-c6ccccc6)ccn5)cc(-c5ccccc5)c4)cccc32)cc1-c1ccccc1.[Pt]. The van der Waals surface area contributed by atoms with Gasteiger partial charge in [-0.25, -0.2) is 4.98 Å². The average Bonchev–Trinajstić information content (AvgIpc) is 3.72. The van der Waals surface area contributed by atoms with E-state index in [0.29, 0.717) is 11.4 Å². The molecular formula is C59H46N3OPt-. The predicted molar refractivity (Wildman–Crippen MR) is 261 cm³/mol. The van der Waals surface area contributed by atoms with Crippen molar-refractivity contribution in [3.05, 3.63) is 217 Å². The van der Waals surface area contributed by atoms with Crippen molar-refractivity contribution >= 4 is 11.0 Å². The Morgan fingerprint density at radius 3 is 1.78 bits per heavy atom. The minimum atomic E-state index is -0.918. The third kappa shape index (κ3) is 8.02. The number of aromatic hydroxyl groups is 1. The summed E-state index contributed by atoms with van der Waals surface area (Å²) in [5.74, 6) is -0.127. The van der Waals surface area contributed by atoms with E-state index in [1.165, 1.54) is 0 Å². The Kier molecular flexibility index (Phi) is 11.5. The average molecular weight is 1010 g/mol. The minimum absolute atomic E-state index is 0. The van der Waals surface area contributed by atoms with Crippen molar-refractivity contribution in [1.29, 1.82) is 0 Å². The van der Waals surface area contributed by atoms with Crippen LogP contribution in [0.3, 0.4) is 0 Å². The molecule has 0 fully saturated rings. The van der Waals surface area contributed by atoms with Gasteiger partial charge in [0.2, 0.25) is 0 Å². The van der Waals surface area contributed by atoms with Crippen LogP contribution >= 0.6 is 0 Å². The van der Waals surface area contributed by atoms with Gasteiger partial charge in [-0.05, 0) is 100 Å². The molecule has 1 N–H and O–H groups in total. The molecule has 0 aliphatic heterocycles. The standard InChI is InChI=1S/C59H46N3O.Pt/c1-38(2)50-36-52(44-24-15-8-16-25-44)56(37-51(50)43-22-13-7-14-23-43)62-55-27-17-26-49(57(55)61-59(62)53-31-39(3)30-40(4)58(53)63)47-32-46(42-20-11-6-12-21-42)33-48(34-47)54-35-45(28-29-60-54)41-18-9-5-10-19-41;/h5-33,35-38,63H,1-4H3;/q-1;/i38D;. The Labute approximate surface area is 391 Å². The molecule has 0 spiro atoms. The maximum atomic E-state index is 12.0. The minimum Gasteiger partial charge on any atom is -0.507 e. The number of pyridine rings is 1. The molecule has 4 nitrogen and oxygen atoms in total. The number of benzene rings is 8. The second-order valence-electron chi connectivity index (χ2n) is 16.4. The van der Waals surface area contributed by atoms with Gasteiger partial charge in [0.25, 0.3) is 0 Å². The van der Waals surface area contributed by atoms with Crippen LogP contribution in [0.5, 0.6) is 5.75 Å². The predicted octanol–water partition coefficient (Wildman–Crippen LogP) is 15.3. The van der Waals surface area contributed by atoms with Gasteiger partial charge in [0.1, 0.15) is 11.6 Å². The molecule has 0 aliphatic rings. The fraction of sp³-hybridized carbons (Fsp3) is 0.0847. The Morgan fingerprint density at radius 2 is 1.14 bits per heavy atom. The third-order valence-corrected chi connectivity index (χ3v) is 11.9. The number of phenolic OH excluding ortho intramolecular Hbond substituents is 1. The topological polar surface area (TPSA) is 50.9 Å². The molecular weight excluding hydrogens is 962 g/mol. The van der Waals surface area contributed by atoms with Crippen LogP contribution in [0.15, 0.2) is 194 Å². The van der Waals surface area contributed by atoms with Crippen LogP contribution < -0.4 is 0 Å². The molecule has 10 aromatic rings. The summed E-state index contributed by atoms with van der Waals surface area (Å²) in [5.41, 5.74) is 17.5. The number of fused-ring (bicyclic) bond motifs is 1. The maximum Gasteiger partial charge on any atom is 0.148 e. The van der Waals surface area contributed by atoms with Crippen LogP contribution in [0.1, 0.15) is 37.8 Å². The third-order valence-electron chi connectivity index (χ3n) is 11.9. The Bertz CT molecular complexity index is 3320. The number of imidazole rings is 1. The molecule has 0 saturated heterocycles. The van der Waals surface area contributed by atoms with Crippen LogP contribution in [0.2, 0.25) is 0 Å². The molecule has 64 heavy (non-hydrogen) atoms. The summed E-state index contributed by atoms with van der Waals surface area (Å²) in [5, 5.41) is 12.0. The summed E-state index contributed by atoms with van der Waals surface area (Å²) in [7, 11) is 0. The number of aromatic nitrogens is 3. The number of aryl methyl sites for hydroxylation is 2. The first-order valence-electron chi connectivity index (χ1n) is 21.9. The van der Waals surface area contributed by atoms with E-state index in [2.05, 4.69) is 139 Å². The van der Waals surface area contributed by atoms with Gasteiger partial charge in [0, 0.05) is 39.9 Å². The van der Waals surface area contributed by atoms with Gasteiger partial charge < -0.3 is 5.11 Å². The van der Waals surface area contributed by atoms with E-state index in [9.17, 15) is 6.48 Å². The smallest absolute Gasteiger partial charge is 0.148 e. The summed E-state index contributed by atoms with van der Waals surface area (Å²) in [6.45, 7) is 7.88. The Hall–Kier alpha value is -7.13. The molecule has 0 radical (unpaired) electrons. The molecule has 10 rings (SSSR count). The zero-order valence-electron chi connectivity index (χ0n) is 37.1. The molecule has 8 aromatic carbocycles. The van der Waals surface area contributed by atoms with Gasteiger partial charge in [0.05, 0.1) is 22.3 Å². The molecule has 2 heterocycles. The number of phenols is 1. The van der Waals surface area contributed by atoms with Gasteiger partial charge in [-0.15, -0.1) is 23.8 Å². The number of para-hydroxylation sites is 1. The van der Waals surface area contributed by atoms with Crippen molar-refractivity contribution in [2.24, 2.45) is 0 Å². The zero-order chi connectivity index (χ0) is 44.0. The summed E-state index contributed by atoms with van der Waals surface area (Å²) in [6, 6.07) is 68.5. The molecule has 0 saturated carbocycles. The van der Waals surface area contributed by atoms with E-state index < -0.39 is 5.89 Å². The molecule has 0 unspecified atom stereocenters. The molecule has 0 bridgehead atoms. The van der Waals surface area contributed by atoms with Crippen molar-refractivity contribution in [3.63, 3.8) is 0 Å². The second-order valence-corrected chi connectivity index (χ2v) is 16.4. The van der Waals surface area contributed by atoms with E-state index >= 15 is 0 Å². The first kappa shape index (κ1) is 40.9. The fourth-order valence-electron chi connectivity index (χ4n) is 8.80. The van der Waals surface area contributed by atoms with Crippen LogP contribution in [0, 0.1) is 19.9 Å². The summed E-state index contributed by atoms with van der Waals surface area (Å²) >= 11 is 0. The maximum absolute atomic E-state index is 12.0. The van der Waals surface area contributed by atoms with E-state index in [1.54, 1.807) is 0 Å². The van der Waals surface area contributed by atoms with Crippen LogP contribution in [-0.4, -0.2) is 19.6 Å². The monoisotopic (exact) mass is 1010 g/mol. The summed E-state index contributed by atoms with van der Waals surface area (Å²) in [4.78, 5) is 10.5. The van der Waals surface area contributed by atoms with E-state index in [0.717, 1.165) is 100 Å². The number of nitrogens with zero attached hydrogens (tertiary/aromatic N) is 3. The zero-order valence-corrected chi connectivity index (χ0v) is 38.4. The van der Waals surface area contributed by atoms with Crippen molar-refractivity contribution in [1.82, 2.24) is 14.5 Å². The van der Waals surface area contributed by atoms with E-state index in [1.807, 2.05) is 93.7 Å². The van der Waals surface area contributed by atoms with E-state index in [-0.39, 0.29) is 26.8 Å². The Balaban J connectivity index is 0.00000533. The molecule has 0 aliphatic carbocycles. The van der Waals surface area contributed by atoms with Gasteiger partial charge in [-0.3, -0.25) is 9.55 Å². The number of hydrogen-bond acceptors (Lipinski definition) is 3. The van der Waals surface area contributed by atoms with E-state index in [4.69, 9.17) is 9.97 Å².